The van der Waals surface area contributed by atoms with Crippen LogP contribution in [0.25, 0.3) is 0 Å². The summed E-state index contributed by atoms with van der Waals surface area (Å²) in [6, 6.07) is 6.14. The van der Waals surface area contributed by atoms with Gasteiger partial charge in [-0.1, -0.05) is 6.92 Å². The van der Waals surface area contributed by atoms with E-state index in [-0.39, 0.29) is 5.56 Å². The van der Waals surface area contributed by atoms with Crippen molar-refractivity contribution in [3.05, 3.63) is 49.0 Å². The average molecular weight is 367 g/mol. The summed E-state index contributed by atoms with van der Waals surface area (Å²) in [5.41, 5.74) is 2.51. The molecule has 0 fully saturated rings. The molecule has 3 rings (SSSR count). The van der Waals surface area contributed by atoms with E-state index in [1.807, 2.05) is 23.6 Å². The number of aryl methyl sites for hydroxylation is 2. The van der Waals surface area contributed by atoms with Crippen molar-refractivity contribution in [1.29, 1.82) is 0 Å². The molecular weight excluding hydrogens is 348 g/mol. The van der Waals surface area contributed by atoms with Crippen molar-refractivity contribution in [1.82, 2.24) is 4.57 Å². The zero-order chi connectivity index (χ0) is 14.8. The molecule has 21 heavy (non-hydrogen) atoms. The maximum absolute atomic E-state index is 11.8. The maximum atomic E-state index is 11.8. The van der Waals surface area contributed by atoms with Gasteiger partial charge >= 0.3 is 0 Å². The molecule has 2 aromatic heterocycles. The maximum Gasteiger partial charge on any atom is 0.250 e. The average Bonchev–Trinajstić information content (AvgIpc) is 2.84. The largest absolute Gasteiger partial charge is 0.377 e. The van der Waals surface area contributed by atoms with Crippen molar-refractivity contribution >= 4 is 33.0 Å². The van der Waals surface area contributed by atoms with Crippen molar-refractivity contribution in [2.24, 2.45) is 0 Å². The Morgan fingerprint density at radius 2 is 2.33 bits per heavy atom. The van der Waals surface area contributed by atoms with Gasteiger partial charge in [-0.25, -0.2) is 0 Å². The van der Waals surface area contributed by atoms with Crippen molar-refractivity contribution in [3.8, 4) is 0 Å². The summed E-state index contributed by atoms with van der Waals surface area (Å²) in [7, 11) is 0. The fourth-order valence-corrected chi connectivity index (χ4v) is 4.72. The number of hydrogen-bond donors (Lipinski definition) is 1. The third-order valence-electron chi connectivity index (χ3n) is 3.87. The van der Waals surface area contributed by atoms with E-state index < -0.39 is 0 Å². The lowest BCUT2D eigenvalue weighted by Crippen LogP contribution is -2.21. The molecule has 1 aliphatic carbocycles. The van der Waals surface area contributed by atoms with Crippen LogP contribution in [0.1, 0.15) is 42.7 Å². The molecule has 1 atom stereocenters. The monoisotopic (exact) mass is 366 g/mol. The van der Waals surface area contributed by atoms with Gasteiger partial charge in [0.15, 0.2) is 0 Å². The van der Waals surface area contributed by atoms with Gasteiger partial charge < -0.3 is 9.88 Å². The van der Waals surface area contributed by atoms with E-state index >= 15 is 0 Å². The SMILES string of the molecule is CCCn1cc(NC2CCCc3sc(Br)cc32)ccc1=O. The van der Waals surface area contributed by atoms with Crippen LogP contribution in [-0.4, -0.2) is 4.57 Å². The first-order valence-corrected chi connectivity index (χ1v) is 9.03. The first kappa shape index (κ1) is 14.9. The van der Waals surface area contributed by atoms with Crippen LogP contribution in [0.3, 0.4) is 0 Å². The third-order valence-corrected chi connectivity index (χ3v) is 5.59. The molecule has 1 N–H and O–H groups in total. The minimum absolute atomic E-state index is 0.0741. The number of rotatable bonds is 4. The van der Waals surface area contributed by atoms with Gasteiger partial charge in [-0.05, 0) is 59.3 Å². The second kappa shape index (κ2) is 6.36. The molecule has 5 heteroatoms. The van der Waals surface area contributed by atoms with Crippen molar-refractivity contribution in [3.63, 3.8) is 0 Å². The van der Waals surface area contributed by atoms with Gasteiger partial charge in [0.1, 0.15) is 0 Å². The number of nitrogens with one attached hydrogen (secondary N) is 1. The molecule has 112 valence electrons. The molecule has 0 saturated heterocycles. The van der Waals surface area contributed by atoms with Crippen LogP contribution < -0.4 is 10.9 Å². The van der Waals surface area contributed by atoms with Gasteiger partial charge in [0.25, 0.3) is 5.56 Å². The zero-order valence-corrected chi connectivity index (χ0v) is 14.5. The predicted molar refractivity (Wildman–Crippen MR) is 92.3 cm³/mol. The topological polar surface area (TPSA) is 34.0 Å². The molecule has 0 spiro atoms. The van der Waals surface area contributed by atoms with Crippen LogP contribution >= 0.6 is 27.3 Å². The van der Waals surface area contributed by atoms with E-state index in [0.717, 1.165) is 25.1 Å². The van der Waals surface area contributed by atoms with Crippen molar-refractivity contribution in [2.75, 3.05) is 5.32 Å². The van der Waals surface area contributed by atoms with Crippen LogP contribution in [0.2, 0.25) is 0 Å². The minimum Gasteiger partial charge on any atom is -0.377 e. The Hall–Kier alpha value is -1.07. The smallest absolute Gasteiger partial charge is 0.250 e. The molecule has 2 heterocycles. The van der Waals surface area contributed by atoms with Gasteiger partial charge in [-0.15, -0.1) is 11.3 Å². The van der Waals surface area contributed by atoms with E-state index in [9.17, 15) is 4.79 Å². The molecule has 0 aromatic carbocycles. The number of anilines is 1. The van der Waals surface area contributed by atoms with Crippen LogP contribution in [0.4, 0.5) is 5.69 Å². The highest BCUT2D eigenvalue weighted by Gasteiger charge is 2.22. The normalized spacial score (nSPS) is 17.5. The number of nitrogens with zero attached hydrogens (tertiary/aromatic N) is 1. The fraction of sp³-hybridized carbons (Fsp3) is 0.438. The molecule has 2 aromatic rings. The third kappa shape index (κ3) is 3.24. The highest BCUT2D eigenvalue weighted by molar-refractivity contribution is 9.11. The Bertz CT molecular complexity index is 692. The quantitative estimate of drug-likeness (QED) is 0.859. The summed E-state index contributed by atoms with van der Waals surface area (Å²) in [5.74, 6) is 0. The van der Waals surface area contributed by atoms with Crippen LogP contribution in [0.5, 0.6) is 0 Å². The molecular formula is C16H19BrN2OS. The lowest BCUT2D eigenvalue weighted by Gasteiger charge is -2.25. The predicted octanol–water partition coefficient (Wildman–Crippen LogP) is 4.57. The van der Waals surface area contributed by atoms with Gasteiger partial charge in [-0.3, -0.25) is 4.79 Å². The number of thiophene rings is 1. The molecule has 0 amide bonds. The van der Waals surface area contributed by atoms with Crippen LogP contribution in [0, 0.1) is 0 Å². The first-order valence-electron chi connectivity index (χ1n) is 7.42. The Labute approximate surface area is 137 Å². The molecule has 3 nitrogen and oxygen atoms in total. The van der Waals surface area contributed by atoms with Gasteiger partial charge in [0.2, 0.25) is 0 Å². The summed E-state index contributed by atoms with van der Waals surface area (Å²) in [5, 5.41) is 3.60. The van der Waals surface area contributed by atoms with Crippen LogP contribution in [0.15, 0.2) is 33.0 Å². The molecule has 0 radical (unpaired) electrons. The number of hydrogen-bond acceptors (Lipinski definition) is 3. The lowest BCUT2D eigenvalue weighted by atomic mass is 9.94. The van der Waals surface area contributed by atoms with Gasteiger partial charge in [0, 0.05) is 23.7 Å². The van der Waals surface area contributed by atoms with Crippen molar-refractivity contribution < 1.29 is 0 Å². The summed E-state index contributed by atoms with van der Waals surface area (Å²) in [4.78, 5) is 13.3. The second-order valence-electron chi connectivity index (χ2n) is 5.47. The Morgan fingerprint density at radius 3 is 3.14 bits per heavy atom. The summed E-state index contributed by atoms with van der Waals surface area (Å²) < 4.78 is 2.99. The minimum atomic E-state index is 0.0741. The highest BCUT2D eigenvalue weighted by atomic mass is 79.9. The molecule has 0 bridgehead atoms. The number of pyridine rings is 1. The van der Waals surface area contributed by atoms with Gasteiger partial charge in [0.05, 0.1) is 15.5 Å². The number of aromatic nitrogens is 1. The summed E-state index contributed by atoms with van der Waals surface area (Å²) in [6.45, 7) is 2.86. The molecule has 0 saturated carbocycles. The Morgan fingerprint density at radius 1 is 1.48 bits per heavy atom. The van der Waals surface area contributed by atoms with E-state index in [1.165, 1.54) is 27.1 Å². The van der Waals surface area contributed by atoms with E-state index in [4.69, 9.17) is 0 Å². The standard InChI is InChI=1S/C16H19BrN2OS/c1-2-8-19-10-11(6-7-16(19)20)18-13-4-3-5-14-12(13)9-15(17)21-14/h6-7,9-10,13,18H,2-5,8H2,1H3. The van der Waals surface area contributed by atoms with E-state index in [2.05, 4.69) is 34.2 Å². The van der Waals surface area contributed by atoms with E-state index in [0.29, 0.717) is 6.04 Å². The van der Waals surface area contributed by atoms with Crippen molar-refractivity contribution in [2.45, 2.75) is 45.2 Å². The Kier molecular flexibility index (Phi) is 4.50. The number of halogens is 1. The molecule has 0 aliphatic heterocycles. The Balaban J connectivity index is 1.84. The summed E-state index contributed by atoms with van der Waals surface area (Å²) in [6.07, 6.45) is 6.45. The van der Waals surface area contributed by atoms with E-state index in [1.54, 1.807) is 10.6 Å². The molecule has 1 unspecified atom stereocenters. The number of fused-ring (bicyclic) bond motifs is 1. The first-order chi connectivity index (χ1) is 10.2. The lowest BCUT2D eigenvalue weighted by molar-refractivity contribution is 0.605. The summed E-state index contributed by atoms with van der Waals surface area (Å²) >= 11 is 5.43. The highest BCUT2D eigenvalue weighted by Crippen LogP contribution is 2.39. The van der Waals surface area contributed by atoms with Gasteiger partial charge in [-0.2, -0.15) is 0 Å². The second-order valence-corrected chi connectivity index (χ2v) is 7.98. The fourth-order valence-electron chi connectivity index (χ4n) is 2.90. The molecule has 1 aliphatic rings. The van der Waals surface area contributed by atoms with Crippen LogP contribution in [-0.2, 0) is 13.0 Å². The zero-order valence-electron chi connectivity index (χ0n) is 12.1.